The highest BCUT2D eigenvalue weighted by Gasteiger charge is 2.15. The lowest BCUT2D eigenvalue weighted by atomic mass is 10.2. The van der Waals surface area contributed by atoms with Crippen LogP contribution in [0.25, 0.3) is 5.65 Å². The van der Waals surface area contributed by atoms with Crippen LogP contribution in [0.1, 0.15) is 32.0 Å². The molecule has 1 atom stereocenters. The Morgan fingerprint density at radius 3 is 2.85 bits per heavy atom. The zero-order chi connectivity index (χ0) is 14.5. The van der Waals surface area contributed by atoms with E-state index in [-0.39, 0.29) is 18.6 Å². The number of ether oxygens (including phenoxy) is 1. The zero-order valence-corrected chi connectivity index (χ0v) is 12.1. The second kappa shape index (κ2) is 6.62. The molecule has 1 unspecified atom stereocenters. The van der Waals surface area contributed by atoms with Crippen LogP contribution in [0.5, 0.6) is 0 Å². The molecule has 0 saturated carbocycles. The molecule has 0 aliphatic rings. The predicted molar refractivity (Wildman–Crippen MR) is 75.9 cm³/mol. The minimum absolute atomic E-state index is 0.0112. The van der Waals surface area contributed by atoms with Crippen LogP contribution in [0.15, 0.2) is 12.4 Å². The highest BCUT2D eigenvalue weighted by Crippen LogP contribution is 2.18. The van der Waals surface area contributed by atoms with E-state index in [4.69, 9.17) is 9.84 Å². The van der Waals surface area contributed by atoms with E-state index in [9.17, 15) is 0 Å². The van der Waals surface area contributed by atoms with Gasteiger partial charge in [0.1, 0.15) is 5.82 Å². The van der Waals surface area contributed by atoms with Crippen molar-refractivity contribution in [2.45, 2.75) is 32.2 Å². The molecule has 2 aromatic heterocycles. The van der Waals surface area contributed by atoms with Crippen LogP contribution in [0.3, 0.4) is 0 Å². The van der Waals surface area contributed by atoms with Crippen LogP contribution in [0.2, 0.25) is 0 Å². The van der Waals surface area contributed by atoms with Gasteiger partial charge in [0, 0.05) is 32.0 Å². The Labute approximate surface area is 118 Å². The van der Waals surface area contributed by atoms with Crippen molar-refractivity contribution in [3.05, 3.63) is 18.2 Å². The number of hydrogen-bond acceptors (Lipinski definition) is 6. The van der Waals surface area contributed by atoms with Gasteiger partial charge in [0.05, 0.1) is 12.6 Å². The first-order chi connectivity index (χ1) is 9.67. The molecule has 0 saturated heterocycles. The predicted octanol–water partition coefficient (Wildman–Crippen LogP) is 1.06. The van der Waals surface area contributed by atoms with Gasteiger partial charge in [0.25, 0.3) is 0 Å². The number of fused-ring (bicyclic) bond motifs is 1. The lowest BCUT2D eigenvalue weighted by Crippen LogP contribution is -2.27. The Bertz CT molecular complexity index is 549. The third kappa shape index (κ3) is 3.05. The maximum Gasteiger partial charge on any atom is 0.203 e. The SMILES string of the molecule is COCC(CCO)Nc1nccn2c(C(C)C)nnc12. The Balaban J connectivity index is 2.30. The highest BCUT2D eigenvalue weighted by atomic mass is 16.5. The lowest BCUT2D eigenvalue weighted by molar-refractivity contribution is 0.170. The third-order valence-corrected chi connectivity index (χ3v) is 3.06. The van der Waals surface area contributed by atoms with Crippen LogP contribution >= 0.6 is 0 Å². The number of anilines is 1. The number of aliphatic hydroxyl groups excluding tert-OH is 1. The Morgan fingerprint density at radius 1 is 1.40 bits per heavy atom. The van der Waals surface area contributed by atoms with E-state index < -0.39 is 0 Å². The van der Waals surface area contributed by atoms with Gasteiger partial charge in [-0.3, -0.25) is 4.40 Å². The fraction of sp³-hybridized carbons (Fsp3) is 0.615. The Hall–Kier alpha value is -1.73. The van der Waals surface area contributed by atoms with Crippen molar-refractivity contribution >= 4 is 11.5 Å². The van der Waals surface area contributed by atoms with E-state index in [1.165, 1.54) is 0 Å². The summed E-state index contributed by atoms with van der Waals surface area (Å²) in [5.41, 5.74) is 0.690. The fourth-order valence-corrected chi connectivity index (χ4v) is 2.09. The van der Waals surface area contributed by atoms with Crippen LogP contribution < -0.4 is 5.32 Å². The zero-order valence-electron chi connectivity index (χ0n) is 12.1. The summed E-state index contributed by atoms with van der Waals surface area (Å²) in [4.78, 5) is 4.31. The molecule has 0 amide bonds. The smallest absolute Gasteiger partial charge is 0.203 e. The van der Waals surface area contributed by atoms with Gasteiger partial charge in [-0.25, -0.2) is 4.98 Å². The molecule has 0 aliphatic heterocycles. The summed E-state index contributed by atoms with van der Waals surface area (Å²) in [5.74, 6) is 1.84. The number of methoxy groups -OCH3 is 1. The van der Waals surface area contributed by atoms with Gasteiger partial charge in [-0.15, -0.1) is 10.2 Å². The molecule has 2 aromatic rings. The van der Waals surface area contributed by atoms with Crippen molar-refractivity contribution in [2.24, 2.45) is 0 Å². The summed E-state index contributed by atoms with van der Waals surface area (Å²) in [6.07, 6.45) is 4.16. The van der Waals surface area contributed by atoms with Crippen molar-refractivity contribution in [1.82, 2.24) is 19.6 Å². The summed E-state index contributed by atoms with van der Waals surface area (Å²) < 4.78 is 7.07. The van der Waals surface area contributed by atoms with Crippen LogP contribution in [-0.2, 0) is 4.74 Å². The Morgan fingerprint density at radius 2 is 2.20 bits per heavy atom. The summed E-state index contributed by atoms with van der Waals surface area (Å²) in [7, 11) is 1.63. The first-order valence-electron chi connectivity index (χ1n) is 6.73. The summed E-state index contributed by atoms with van der Waals surface area (Å²) in [5, 5.41) is 20.7. The molecular formula is C13H21N5O2. The van der Waals surface area contributed by atoms with E-state index in [1.54, 1.807) is 13.3 Å². The molecule has 0 spiro atoms. The number of nitrogens with one attached hydrogen (secondary N) is 1. The quantitative estimate of drug-likeness (QED) is 0.788. The van der Waals surface area contributed by atoms with Crippen LogP contribution in [-0.4, -0.2) is 51.1 Å². The molecule has 0 fully saturated rings. The third-order valence-electron chi connectivity index (χ3n) is 3.06. The van der Waals surface area contributed by atoms with E-state index >= 15 is 0 Å². The highest BCUT2D eigenvalue weighted by molar-refractivity contribution is 5.62. The number of aromatic nitrogens is 4. The number of rotatable bonds is 7. The van der Waals surface area contributed by atoms with Gasteiger partial charge in [-0.1, -0.05) is 13.8 Å². The minimum Gasteiger partial charge on any atom is -0.396 e. The topological polar surface area (TPSA) is 84.6 Å². The van der Waals surface area contributed by atoms with Crippen molar-refractivity contribution in [3.63, 3.8) is 0 Å². The maximum absolute atomic E-state index is 9.08. The first-order valence-corrected chi connectivity index (χ1v) is 6.73. The molecule has 7 nitrogen and oxygen atoms in total. The monoisotopic (exact) mass is 279 g/mol. The van der Waals surface area contributed by atoms with Gasteiger partial charge >= 0.3 is 0 Å². The number of aliphatic hydroxyl groups is 1. The fourth-order valence-electron chi connectivity index (χ4n) is 2.09. The van der Waals surface area contributed by atoms with Crippen molar-refractivity contribution < 1.29 is 9.84 Å². The normalized spacial score (nSPS) is 13.1. The molecular weight excluding hydrogens is 258 g/mol. The molecule has 0 aliphatic carbocycles. The van der Waals surface area contributed by atoms with Gasteiger partial charge < -0.3 is 15.2 Å². The van der Waals surface area contributed by atoms with Crippen LogP contribution in [0, 0.1) is 0 Å². The molecule has 0 bridgehead atoms. The number of nitrogens with zero attached hydrogens (tertiary/aromatic N) is 4. The van der Waals surface area contributed by atoms with Gasteiger partial charge in [-0.05, 0) is 6.42 Å². The van der Waals surface area contributed by atoms with Gasteiger partial charge in [0.2, 0.25) is 5.65 Å². The van der Waals surface area contributed by atoms with Gasteiger partial charge in [0.15, 0.2) is 5.82 Å². The average Bonchev–Trinajstić information content (AvgIpc) is 2.84. The van der Waals surface area contributed by atoms with Crippen molar-refractivity contribution in [1.29, 1.82) is 0 Å². The van der Waals surface area contributed by atoms with E-state index in [0.717, 1.165) is 5.82 Å². The molecule has 110 valence electrons. The molecule has 0 radical (unpaired) electrons. The lowest BCUT2D eigenvalue weighted by Gasteiger charge is -2.17. The Kier molecular flexibility index (Phi) is 4.86. The summed E-state index contributed by atoms with van der Waals surface area (Å²) in [6.45, 7) is 4.73. The first kappa shape index (κ1) is 14.7. The van der Waals surface area contributed by atoms with Crippen molar-refractivity contribution in [3.8, 4) is 0 Å². The van der Waals surface area contributed by atoms with E-state index in [2.05, 4.69) is 34.3 Å². The van der Waals surface area contributed by atoms with Gasteiger partial charge in [-0.2, -0.15) is 0 Å². The molecule has 2 rings (SSSR count). The van der Waals surface area contributed by atoms with Crippen molar-refractivity contribution in [2.75, 3.05) is 25.6 Å². The minimum atomic E-state index is -0.0112. The maximum atomic E-state index is 9.08. The average molecular weight is 279 g/mol. The van der Waals surface area contributed by atoms with E-state index in [0.29, 0.717) is 24.5 Å². The van der Waals surface area contributed by atoms with E-state index in [1.807, 2.05) is 10.6 Å². The summed E-state index contributed by atoms with van der Waals surface area (Å²) >= 11 is 0. The second-order valence-corrected chi connectivity index (χ2v) is 4.99. The number of hydrogen-bond donors (Lipinski definition) is 2. The standard InChI is InChI=1S/C13H21N5O2/c1-9(2)12-16-17-13-11(14-5-6-18(12)13)15-10(4-7-19)8-20-3/h5-6,9-10,19H,4,7-8H2,1-3H3,(H,14,15). The molecule has 0 aromatic carbocycles. The summed E-state index contributed by atoms with van der Waals surface area (Å²) in [6, 6.07) is -0.0112. The molecule has 7 heteroatoms. The molecule has 20 heavy (non-hydrogen) atoms. The molecule has 2 heterocycles. The van der Waals surface area contributed by atoms with Crippen LogP contribution in [0.4, 0.5) is 5.82 Å². The largest absolute Gasteiger partial charge is 0.396 e. The second-order valence-electron chi connectivity index (χ2n) is 4.99. The molecule has 2 N–H and O–H groups in total.